The fourth-order valence-electron chi connectivity index (χ4n) is 3.41. The van der Waals surface area contributed by atoms with Gasteiger partial charge < -0.3 is 20.3 Å². The molecule has 2 N–H and O–H groups in total. The van der Waals surface area contributed by atoms with Crippen LogP contribution >= 0.6 is 0 Å². The minimum atomic E-state index is -3.11. The van der Waals surface area contributed by atoms with Crippen molar-refractivity contribution in [3.63, 3.8) is 0 Å². The molecule has 0 unspecified atom stereocenters. The third-order valence-electron chi connectivity index (χ3n) is 4.68. The summed E-state index contributed by atoms with van der Waals surface area (Å²) < 4.78 is 29.1. The number of para-hydroxylation sites is 2. The van der Waals surface area contributed by atoms with Crippen LogP contribution in [0.3, 0.4) is 0 Å². The number of hydrogen-bond donors (Lipinski definition) is 2. The first-order chi connectivity index (χ1) is 12.2. The predicted molar refractivity (Wildman–Crippen MR) is 97.0 cm³/mol. The lowest BCUT2D eigenvalue weighted by molar-refractivity contribution is -0.128. The van der Waals surface area contributed by atoms with Crippen molar-refractivity contribution in [2.45, 2.75) is 25.0 Å². The summed E-state index contributed by atoms with van der Waals surface area (Å²) in [6.45, 7) is 2.00. The molecule has 0 radical (unpaired) electrons. The van der Waals surface area contributed by atoms with E-state index in [0.29, 0.717) is 12.2 Å². The van der Waals surface area contributed by atoms with Gasteiger partial charge in [-0.1, -0.05) is 12.1 Å². The van der Waals surface area contributed by atoms with Gasteiger partial charge in [-0.3, -0.25) is 9.59 Å². The zero-order valence-electron chi connectivity index (χ0n) is 14.8. The lowest BCUT2D eigenvalue weighted by Crippen LogP contribution is -2.54. The lowest BCUT2D eigenvalue weighted by atomic mass is 10.0. The number of amides is 2. The molecule has 1 saturated heterocycles. The third-order valence-corrected chi connectivity index (χ3v) is 6.58. The van der Waals surface area contributed by atoms with Gasteiger partial charge in [-0.05, 0) is 25.5 Å². The molecular weight excluding hydrogens is 358 g/mol. The Kier molecular flexibility index (Phi) is 4.83. The normalized spacial score (nSPS) is 26.5. The number of nitrogens with zero attached hydrogens (tertiary/aromatic N) is 1. The minimum absolute atomic E-state index is 0.0174. The summed E-state index contributed by atoms with van der Waals surface area (Å²) in [7, 11) is -1.57. The average molecular weight is 381 g/mol. The van der Waals surface area contributed by atoms with E-state index in [9.17, 15) is 18.0 Å². The van der Waals surface area contributed by atoms with Crippen LogP contribution in [0.1, 0.15) is 13.3 Å². The molecule has 1 aromatic rings. The first-order valence-electron chi connectivity index (χ1n) is 8.45. The first-order valence-corrected chi connectivity index (χ1v) is 10.3. The fraction of sp³-hybridized carbons (Fsp3) is 0.529. The molecule has 2 aliphatic rings. The van der Waals surface area contributed by atoms with Crippen molar-refractivity contribution in [2.75, 3.05) is 36.5 Å². The minimum Gasteiger partial charge on any atom is -0.477 e. The van der Waals surface area contributed by atoms with Crippen molar-refractivity contribution >= 4 is 27.3 Å². The number of carbonyl (C=O) groups is 2. The molecule has 2 amide bonds. The van der Waals surface area contributed by atoms with E-state index in [-0.39, 0.29) is 36.4 Å². The van der Waals surface area contributed by atoms with Crippen molar-refractivity contribution < 1.29 is 22.7 Å². The second kappa shape index (κ2) is 6.79. The second-order valence-corrected chi connectivity index (χ2v) is 9.20. The van der Waals surface area contributed by atoms with Crippen LogP contribution in [-0.2, 0) is 19.4 Å². The number of ether oxygens (including phenoxy) is 1. The number of likely N-dealkylation sites (N-methyl/N-ethyl adjacent to an activating group) is 1. The summed E-state index contributed by atoms with van der Waals surface area (Å²) in [4.78, 5) is 26.3. The van der Waals surface area contributed by atoms with Crippen LogP contribution in [0.5, 0.6) is 5.75 Å². The number of rotatable bonds is 4. The van der Waals surface area contributed by atoms with Crippen molar-refractivity contribution in [2.24, 2.45) is 0 Å². The molecule has 26 heavy (non-hydrogen) atoms. The van der Waals surface area contributed by atoms with Gasteiger partial charge in [0.25, 0.3) is 5.91 Å². The van der Waals surface area contributed by atoms with Gasteiger partial charge in [0.15, 0.2) is 15.9 Å². The molecule has 142 valence electrons. The van der Waals surface area contributed by atoms with Gasteiger partial charge in [0.1, 0.15) is 5.75 Å². The van der Waals surface area contributed by atoms with Crippen molar-refractivity contribution in [3.8, 4) is 5.75 Å². The number of anilines is 1. The molecule has 2 aliphatic heterocycles. The molecule has 1 fully saturated rings. The predicted octanol–water partition coefficient (Wildman–Crippen LogP) is -0.307. The molecule has 0 spiro atoms. The zero-order chi connectivity index (χ0) is 18.9. The quantitative estimate of drug-likeness (QED) is 0.742. The van der Waals surface area contributed by atoms with E-state index >= 15 is 0 Å². The maximum absolute atomic E-state index is 12.6. The summed E-state index contributed by atoms with van der Waals surface area (Å²) in [5.41, 5.74) is -0.0194. The number of fused-ring (bicyclic) bond motifs is 1. The SMILES string of the molecule is CNC(=O)[C@H]1CN(CC(=O)N[C@@]2(C)CCS(=O)(=O)C2)c2ccccc2O1. The molecule has 2 heterocycles. The summed E-state index contributed by atoms with van der Waals surface area (Å²) in [6, 6.07) is 7.20. The lowest BCUT2D eigenvalue weighted by Gasteiger charge is -2.35. The van der Waals surface area contributed by atoms with Crippen LogP contribution in [0.4, 0.5) is 5.69 Å². The van der Waals surface area contributed by atoms with E-state index in [1.165, 1.54) is 7.05 Å². The second-order valence-electron chi connectivity index (χ2n) is 7.02. The maximum Gasteiger partial charge on any atom is 0.262 e. The van der Waals surface area contributed by atoms with Crippen LogP contribution in [0.25, 0.3) is 0 Å². The van der Waals surface area contributed by atoms with Crippen molar-refractivity contribution in [1.29, 1.82) is 0 Å². The summed E-state index contributed by atoms with van der Waals surface area (Å²) in [5.74, 6) is 0.0281. The highest BCUT2D eigenvalue weighted by Crippen LogP contribution is 2.33. The number of carbonyl (C=O) groups excluding carboxylic acids is 2. The van der Waals surface area contributed by atoms with Crippen molar-refractivity contribution in [3.05, 3.63) is 24.3 Å². The van der Waals surface area contributed by atoms with E-state index in [1.807, 2.05) is 12.1 Å². The van der Waals surface area contributed by atoms with Crippen LogP contribution < -0.4 is 20.3 Å². The topological polar surface area (TPSA) is 105 Å². The van der Waals surface area contributed by atoms with E-state index in [1.54, 1.807) is 24.0 Å². The van der Waals surface area contributed by atoms with Gasteiger partial charge in [-0.15, -0.1) is 0 Å². The molecule has 3 rings (SSSR count). The molecular formula is C17H23N3O5S. The third kappa shape index (κ3) is 3.92. The highest BCUT2D eigenvalue weighted by Gasteiger charge is 2.40. The van der Waals surface area contributed by atoms with Gasteiger partial charge >= 0.3 is 0 Å². The van der Waals surface area contributed by atoms with E-state index in [2.05, 4.69) is 10.6 Å². The first kappa shape index (κ1) is 18.5. The Balaban J connectivity index is 1.73. The molecule has 8 nitrogen and oxygen atoms in total. The van der Waals surface area contributed by atoms with Gasteiger partial charge in [-0.25, -0.2) is 8.42 Å². The average Bonchev–Trinajstić information content (AvgIpc) is 2.86. The highest BCUT2D eigenvalue weighted by molar-refractivity contribution is 7.91. The maximum atomic E-state index is 12.6. The van der Waals surface area contributed by atoms with Crippen LogP contribution in [0.2, 0.25) is 0 Å². The van der Waals surface area contributed by atoms with Crippen LogP contribution in [0, 0.1) is 0 Å². The standard InChI is InChI=1S/C17H23N3O5S/c1-17(7-8-26(23,24)11-17)19-15(21)10-20-9-14(16(22)18-2)25-13-6-4-3-5-12(13)20/h3-6,14H,7-11H2,1-2H3,(H,18,22)(H,19,21)/t14-,17+/m1/s1. The Hall–Kier alpha value is -2.29. The molecule has 1 aromatic carbocycles. The van der Waals surface area contributed by atoms with E-state index < -0.39 is 21.5 Å². The van der Waals surface area contributed by atoms with Crippen molar-refractivity contribution in [1.82, 2.24) is 10.6 Å². The molecule has 9 heteroatoms. The Morgan fingerprint density at radius 2 is 2.08 bits per heavy atom. The fourth-order valence-corrected chi connectivity index (χ4v) is 5.51. The monoisotopic (exact) mass is 381 g/mol. The van der Waals surface area contributed by atoms with Crippen LogP contribution in [-0.4, -0.2) is 63.5 Å². The van der Waals surface area contributed by atoms with Gasteiger partial charge in [-0.2, -0.15) is 0 Å². The number of hydrogen-bond acceptors (Lipinski definition) is 6. The Bertz CT molecular complexity index is 825. The van der Waals surface area contributed by atoms with Gasteiger partial charge in [0.05, 0.1) is 35.8 Å². The molecule has 0 bridgehead atoms. The number of sulfone groups is 1. The van der Waals surface area contributed by atoms with Gasteiger partial charge in [0.2, 0.25) is 5.91 Å². The molecule has 0 saturated carbocycles. The van der Waals surface area contributed by atoms with Gasteiger partial charge in [0, 0.05) is 7.05 Å². The molecule has 0 aromatic heterocycles. The molecule has 2 atom stereocenters. The van der Waals surface area contributed by atoms with E-state index in [0.717, 1.165) is 5.69 Å². The summed E-state index contributed by atoms with van der Waals surface area (Å²) in [5, 5.41) is 5.40. The Morgan fingerprint density at radius 3 is 2.73 bits per heavy atom. The van der Waals surface area contributed by atoms with E-state index in [4.69, 9.17) is 4.74 Å². The summed E-state index contributed by atoms with van der Waals surface area (Å²) >= 11 is 0. The largest absolute Gasteiger partial charge is 0.477 e. The molecule has 0 aliphatic carbocycles. The van der Waals surface area contributed by atoms with Crippen LogP contribution in [0.15, 0.2) is 24.3 Å². The zero-order valence-corrected chi connectivity index (χ0v) is 15.6. The Morgan fingerprint density at radius 1 is 1.35 bits per heavy atom. The number of nitrogens with one attached hydrogen (secondary N) is 2. The Labute approximate surface area is 152 Å². The number of benzene rings is 1. The highest BCUT2D eigenvalue weighted by atomic mass is 32.2. The summed E-state index contributed by atoms with van der Waals surface area (Å²) in [6.07, 6.45) is -0.313. The smallest absolute Gasteiger partial charge is 0.262 e.